The van der Waals surface area contributed by atoms with Crippen molar-refractivity contribution in [3.8, 4) is 11.5 Å². The molecule has 0 bridgehead atoms. The van der Waals surface area contributed by atoms with Crippen LogP contribution < -0.4 is 0 Å². The summed E-state index contributed by atoms with van der Waals surface area (Å²) in [5, 5.41) is 19.4. The van der Waals surface area contributed by atoms with E-state index in [0.29, 0.717) is 22.4 Å². The number of benzene rings is 2. The first-order valence-corrected chi connectivity index (χ1v) is 8.29. The van der Waals surface area contributed by atoms with Crippen LogP contribution in [0.15, 0.2) is 57.8 Å². The summed E-state index contributed by atoms with van der Waals surface area (Å²) in [6.07, 6.45) is 0. The number of non-ortho nitro benzene ring substituents is 1. The van der Waals surface area contributed by atoms with Crippen molar-refractivity contribution < 1.29 is 9.34 Å². The number of nitro benzene ring substituents is 1. The van der Waals surface area contributed by atoms with Crippen LogP contribution in [0.4, 0.5) is 5.69 Å². The summed E-state index contributed by atoms with van der Waals surface area (Å²) in [6.45, 7) is 1.96. The highest BCUT2D eigenvalue weighted by Gasteiger charge is 2.17. The van der Waals surface area contributed by atoms with Crippen molar-refractivity contribution >= 4 is 29.1 Å². The molecule has 122 valence electrons. The lowest BCUT2D eigenvalue weighted by Gasteiger charge is -2.06. The van der Waals surface area contributed by atoms with Crippen molar-refractivity contribution in [1.82, 2.24) is 10.2 Å². The van der Waals surface area contributed by atoms with Crippen molar-refractivity contribution in [2.24, 2.45) is 0 Å². The van der Waals surface area contributed by atoms with Crippen LogP contribution in [0.1, 0.15) is 18.1 Å². The zero-order chi connectivity index (χ0) is 17.1. The van der Waals surface area contributed by atoms with Gasteiger partial charge in [-0.2, -0.15) is 0 Å². The lowest BCUT2D eigenvalue weighted by Crippen LogP contribution is -1.88. The molecule has 6 nitrogen and oxygen atoms in total. The quantitative estimate of drug-likeness (QED) is 0.355. The van der Waals surface area contributed by atoms with Gasteiger partial charge in [-0.25, -0.2) is 0 Å². The van der Waals surface area contributed by atoms with Gasteiger partial charge in [-0.05, 0) is 43.3 Å². The van der Waals surface area contributed by atoms with E-state index in [9.17, 15) is 10.1 Å². The summed E-state index contributed by atoms with van der Waals surface area (Å²) >= 11 is 7.45. The van der Waals surface area contributed by atoms with Crippen LogP contribution in [0.3, 0.4) is 0 Å². The third-order valence-corrected chi connectivity index (χ3v) is 4.59. The highest BCUT2D eigenvalue weighted by molar-refractivity contribution is 7.99. The Kier molecular flexibility index (Phi) is 4.82. The Morgan fingerprint density at radius 1 is 1.12 bits per heavy atom. The highest BCUT2D eigenvalue weighted by atomic mass is 35.5. The molecule has 0 amide bonds. The minimum absolute atomic E-state index is 0.0187. The van der Waals surface area contributed by atoms with E-state index in [4.69, 9.17) is 16.0 Å². The lowest BCUT2D eigenvalue weighted by molar-refractivity contribution is -0.384. The van der Waals surface area contributed by atoms with Crippen molar-refractivity contribution in [2.75, 3.05) is 0 Å². The fourth-order valence-corrected chi connectivity index (χ4v) is 3.03. The van der Waals surface area contributed by atoms with E-state index in [1.807, 2.05) is 31.2 Å². The van der Waals surface area contributed by atoms with E-state index in [1.165, 1.54) is 12.1 Å². The average molecular weight is 362 g/mol. The fourth-order valence-electron chi connectivity index (χ4n) is 2.01. The zero-order valence-corrected chi connectivity index (χ0v) is 14.1. The molecule has 0 aliphatic heterocycles. The first-order chi connectivity index (χ1) is 11.5. The Morgan fingerprint density at radius 2 is 1.79 bits per heavy atom. The van der Waals surface area contributed by atoms with Gasteiger partial charge in [0, 0.05) is 27.6 Å². The topological polar surface area (TPSA) is 82.1 Å². The molecule has 1 atom stereocenters. The van der Waals surface area contributed by atoms with Gasteiger partial charge in [0.25, 0.3) is 5.69 Å². The molecular weight excluding hydrogens is 350 g/mol. The summed E-state index contributed by atoms with van der Waals surface area (Å²) < 4.78 is 5.69. The van der Waals surface area contributed by atoms with Crippen LogP contribution in [-0.4, -0.2) is 15.1 Å². The predicted molar refractivity (Wildman–Crippen MR) is 92.1 cm³/mol. The first-order valence-electron chi connectivity index (χ1n) is 7.03. The third-order valence-electron chi connectivity index (χ3n) is 3.24. The number of thioether (sulfide) groups is 1. The number of nitro groups is 1. The summed E-state index contributed by atoms with van der Waals surface area (Å²) in [7, 11) is 0. The van der Waals surface area contributed by atoms with E-state index < -0.39 is 4.92 Å². The number of rotatable bonds is 5. The lowest BCUT2D eigenvalue weighted by atomic mass is 10.2. The van der Waals surface area contributed by atoms with Crippen LogP contribution in [0.5, 0.6) is 0 Å². The van der Waals surface area contributed by atoms with Gasteiger partial charge in [-0.15, -0.1) is 22.0 Å². The zero-order valence-electron chi connectivity index (χ0n) is 12.5. The van der Waals surface area contributed by atoms with E-state index in [-0.39, 0.29) is 10.9 Å². The number of nitrogens with zero attached hydrogens (tertiary/aromatic N) is 3. The molecule has 3 aromatic rings. The minimum atomic E-state index is -0.451. The summed E-state index contributed by atoms with van der Waals surface area (Å²) in [4.78, 5) is 11.3. The molecule has 0 N–H and O–H groups in total. The van der Waals surface area contributed by atoms with Crippen LogP contribution in [0, 0.1) is 10.1 Å². The van der Waals surface area contributed by atoms with E-state index >= 15 is 0 Å². The Hall–Kier alpha value is -2.38. The van der Waals surface area contributed by atoms with E-state index in [2.05, 4.69) is 10.2 Å². The molecule has 8 heteroatoms. The molecule has 0 fully saturated rings. The maximum absolute atomic E-state index is 10.7. The van der Waals surface area contributed by atoms with Gasteiger partial charge in [0.05, 0.1) is 10.2 Å². The molecule has 0 unspecified atom stereocenters. The Labute approximate surface area is 147 Å². The van der Waals surface area contributed by atoms with Crippen molar-refractivity contribution in [3.63, 3.8) is 0 Å². The normalized spacial score (nSPS) is 12.1. The molecule has 2 aromatic carbocycles. The molecule has 24 heavy (non-hydrogen) atoms. The largest absolute Gasteiger partial charge is 0.419 e. The maximum atomic E-state index is 10.7. The molecular formula is C16H12ClN3O3S. The van der Waals surface area contributed by atoms with Crippen LogP contribution >= 0.6 is 23.4 Å². The molecule has 0 radical (unpaired) electrons. The molecule has 0 saturated heterocycles. The van der Waals surface area contributed by atoms with Gasteiger partial charge in [-0.3, -0.25) is 10.1 Å². The Morgan fingerprint density at radius 3 is 2.42 bits per heavy atom. The second-order valence-electron chi connectivity index (χ2n) is 4.96. The van der Waals surface area contributed by atoms with E-state index in [1.54, 1.807) is 23.9 Å². The standard InChI is InChI=1S/C16H12ClN3O3S/c1-10(24-14-8-4-12(17)5-9-14)15-18-19-16(23-15)11-2-6-13(7-3-11)20(21)22/h2-10H,1H3/t10-/m0/s1. The SMILES string of the molecule is C[C@H](Sc1ccc(Cl)cc1)c1nnc(-c2ccc([N+](=O)[O-])cc2)o1. The summed E-state index contributed by atoms with van der Waals surface area (Å²) in [6, 6.07) is 13.5. The summed E-state index contributed by atoms with van der Waals surface area (Å²) in [5.74, 6) is 0.826. The van der Waals surface area contributed by atoms with Gasteiger partial charge in [0.2, 0.25) is 11.8 Å². The maximum Gasteiger partial charge on any atom is 0.269 e. The van der Waals surface area contributed by atoms with Crippen LogP contribution in [-0.2, 0) is 0 Å². The second-order valence-corrected chi connectivity index (χ2v) is 6.81. The predicted octanol–water partition coefficient (Wildman–Crippen LogP) is 5.15. The fraction of sp³-hybridized carbons (Fsp3) is 0.125. The van der Waals surface area contributed by atoms with Crippen molar-refractivity contribution in [2.45, 2.75) is 17.1 Å². The molecule has 0 spiro atoms. The second kappa shape index (κ2) is 7.02. The third kappa shape index (κ3) is 3.74. The molecule has 0 aliphatic carbocycles. The van der Waals surface area contributed by atoms with Crippen LogP contribution in [0.25, 0.3) is 11.5 Å². The first kappa shape index (κ1) is 16.5. The number of hydrogen-bond donors (Lipinski definition) is 0. The minimum Gasteiger partial charge on any atom is -0.419 e. The van der Waals surface area contributed by atoms with Crippen molar-refractivity contribution in [3.05, 3.63) is 69.6 Å². The van der Waals surface area contributed by atoms with Crippen LogP contribution in [0.2, 0.25) is 5.02 Å². The monoisotopic (exact) mass is 361 g/mol. The van der Waals surface area contributed by atoms with Gasteiger partial charge >= 0.3 is 0 Å². The smallest absolute Gasteiger partial charge is 0.269 e. The van der Waals surface area contributed by atoms with Gasteiger partial charge < -0.3 is 4.42 Å². The van der Waals surface area contributed by atoms with Gasteiger partial charge in [-0.1, -0.05) is 11.6 Å². The molecule has 0 saturated carbocycles. The highest BCUT2D eigenvalue weighted by Crippen LogP contribution is 2.35. The number of halogens is 1. The van der Waals surface area contributed by atoms with Crippen molar-refractivity contribution in [1.29, 1.82) is 0 Å². The Balaban J connectivity index is 1.74. The molecule has 1 aromatic heterocycles. The molecule has 1 heterocycles. The molecule has 3 rings (SSSR count). The number of hydrogen-bond acceptors (Lipinski definition) is 6. The Bertz CT molecular complexity index is 850. The number of aromatic nitrogens is 2. The molecule has 0 aliphatic rings. The average Bonchev–Trinajstić information content (AvgIpc) is 3.07. The summed E-state index contributed by atoms with van der Waals surface area (Å²) in [5.41, 5.74) is 0.660. The van der Waals surface area contributed by atoms with Gasteiger partial charge in [0.1, 0.15) is 0 Å². The van der Waals surface area contributed by atoms with E-state index in [0.717, 1.165) is 4.90 Å². The van der Waals surface area contributed by atoms with Gasteiger partial charge in [0.15, 0.2) is 0 Å².